The summed E-state index contributed by atoms with van der Waals surface area (Å²) in [6.07, 6.45) is 2.58. The van der Waals surface area contributed by atoms with Crippen LogP contribution in [0.25, 0.3) is 0 Å². The summed E-state index contributed by atoms with van der Waals surface area (Å²) in [6.45, 7) is 8.37. The first-order valence-corrected chi connectivity index (χ1v) is 8.66. The number of aliphatic carboxylic acids is 1. The number of nitrogens with one attached hydrogen (secondary N) is 1. The van der Waals surface area contributed by atoms with Crippen LogP contribution in [-0.4, -0.2) is 29.2 Å². The number of rotatable bonds is 4. The minimum atomic E-state index is -0.987. The standard InChI is InChI=1S/C20H25NO4/c1-11(12-5-7-13(8-6-12)20(2,3)4)21-18(22)16-14-9-10-15(25-14)17(16)19(23)24/h5-11,14-17H,1-4H3,(H,21,22)(H,23,24)/t11-,14+,15+,16-,17+/m1/s1. The molecule has 3 rings (SSSR count). The molecule has 0 saturated carbocycles. The summed E-state index contributed by atoms with van der Waals surface area (Å²) < 4.78 is 5.57. The lowest BCUT2D eigenvalue weighted by molar-refractivity contribution is -0.146. The summed E-state index contributed by atoms with van der Waals surface area (Å²) in [5.41, 5.74) is 2.30. The maximum atomic E-state index is 12.7. The van der Waals surface area contributed by atoms with E-state index in [9.17, 15) is 14.7 Å². The zero-order valence-corrected chi connectivity index (χ0v) is 15.0. The summed E-state index contributed by atoms with van der Waals surface area (Å²) in [6, 6.07) is 7.97. The maximum absolute atomic E-state index is 12.7. The predicted octanol–water partition coefficient (Wildman–Crippen LogP) is 2.82. The molecule has 2 bridgehead atoms. The zero-order valence-electron chi connectivity index (χ0n) is 15.0. The quantitative estimate of drug-likeness (QED) is 0.824. The molecule has 2 N–H and O–H groups in total. The first kappa shape index (κ1) is 17.7. The van der Waals surface area contributed by atoms with Crippen LogP contribution in [0.2, 0.25) is 0 Å². The highest BCUT2D eigenvalue weighted by atomic mass is 16.5. The van der Waals surface area contributed by atoms with E-state index < -0.39 is 30.0 Å². The van der Waals surface area contributed by atoms with Crippen molar-refractivity contribution in [2.45, 2.75) is 51.4 Å². The molecule has 134 valence electrons. The minimum absolute atomic E-state index is 0.0759. The Morgan fingerprint density at radius 1 is 1.08 bits per heavy atom. The number of hydrogen-bond acceptors (Lipinski definition) is 3. The number of fused-ring (bicyclic) bond motifs is 2. The lowest BCUT2D eigenvalue weighted by atomic mass is 9.82. The molecule has 2 aliphatic heterocycles. The Morgan fingerprint density at radius 2 is 1.64 bits per heavy atom. The molecule has 0 aromatic heterocycles. The molecule has 1 saturated heterocycles. The third kappa shape index (κ3) is 3.33. The van der Waals surface area contributed by atoms with E-state index in [-0.39, 0.29) is 17.4 Å². The van der Waals surface area contributed by atoms with Gasteiger partial charge in [-0.2, -0.15) is 0 Å². The van der Waals surface area contributed by atoms with Crippen LogP contribution in [0, 0.1) is 11.8 Å². The van der Waals surface area contributed by atoms with Crippen molar-refractivity contribution < 1.29 is 19.4 Å². The van der Waals surface area contributed by atoms with E-state index in [1.54, 1.807) is 12.2 Å². The van der Waals surface area contributed by atoms with Crippen LogP contribution in [0.4, 0.5) is 0 Å². The number of hydrogen-bond donors (Lipinski definition) is 2. The Morgan fingerprint density at radius 3 is 2.16 bits per heavy atom. The van der Waals surface area contributed by atoms with Gasteiger partial charge >= 0.3 is 5.97 Å². The molecule has 2 heterocycles. The van der Waals surface area contributed by atoms with Crippen molar-refractivity contribution in [1.82, 2.24) is 5.32 Å². The van der Waals surface area contributed by atoms with Gasteiger partial charge in [-0.25, -0.2) is 0 Å². The molecular weight excluding hydrogens is 318 g/mol. The average Bonchev–Trinajstić information content (AvgIpc) is 3.14. The number of amides is 1. The van der Waals surface area contributed by atoms with Crippen LogP contribution >= 0.6 is 0 Å². The number of ether oxygens (including phenoxy) is 1. The Kier molecular flexibility index (Phi) is 4.45. The molecule has 1 aromatic carbocycles. The summed E-state index contributed by atoms with van der Waals surface area (Å²) >= 11 is 0. The molecule has 1 fully saturated rings. The molecule has 5 heteroatoms. The largest absolute Gasteiger partial charge is 0.481 e. The molecule has 5 nitrogen and oxygen atoms in total. The normalized spacial score (nSPS) is 28.8. The molecule has 0 spiro atoms. The highest BCUT2D eigenvalue weighted by Crippen LogP contribution is 2.39. The van der Waals surface area contributed by atoms with Crippen molar-refractivity contribution in [2.24, 2.45) is 11.8 Å². The van der Waals surface area contributed by atoms with Gasteiger partial charge in [0.25, 0.3) is 0 Å². The Balaban J connectivity index is 1.70. The fraction of sp³-hybridized carbons (Fsp3) is 0.500. The van der Waals surface area contributed by atoms with Gasteiger partial charge in [-0.15, -0.1) is 0 Å². The number of carbonyl (C=O) groups is 2. The number of carbonyl (C=O) groups excluding carboxylic acids is 1. The van der Waals surface area contributed by atoms with Crippen LogP contribution in [-0.2, 0) is 19.7 Å². The lowest BCUT2D eigenvalue weighted by Crippen LogP contribution is -2.43. The second-order valence-electron chi connectivity index (χ2n) is 7.94. The van der Waals surface area contributed by atoms with Crippen LogP contribution < -0.4 is 5.32 Å². The van der Waals surface area contributed by atoms with Crippen molar-refractivity contribution in [1.29, 1.82) is 0 Å². The molecule has 0 aliphatic carbocycles. The SMILES string of the molecule is C[C@@H](NC(=O)[C@H]1[C@@H](C(=O)O)[C@@H]2C=C[C@@H]1O2)c1ccc(C(C)(C)C)cc1. The Hall–Kier alpha value is -2.14. The maximum Gasteiger partial charge on any atom is 0.310 e. The van der Waals surface area contributed by atoms with Crippen LogP contribution in [0.1, 0.15) is 44.9 Å². The van der Waals surface area contributed by atoms with Gasteiger partial charge in [0.15, 0.2) is 0 Å². The minimum Gasteiger partial charge on any atom is -0.481 e. The summed E-state index contributed by atoms with van der Waals surface area (Å²) in [7, 11) is 0. The Labute approximate surface area is 148 Å². The van der Waals surface area contributed by atoms with Gasteiger partial charge in [-0.05, 0) is 23.5 Å². The lowest BCUT2D eigenvalue weighted by Gasteiger charge is -2.24. The first-order chi connectivity index (χ1) is 11.7. The van der Waals surface area contributed by atoms with E-state index in [0.29, 0.717) is 0 Å². The van der Waals surface area contributed by atoms with Crippen molar-refractivity contribution in [3.8, 4) is 0 Å². The highest BCUT2D eigenvalue weighted by Gasteiger charge is 2.53. The fourth-order valence-corrected chi connectivity index (χ4v) is 3.58. The van der Waals surface area contributed by atoms with E-state index in [2.05, 4.69) is 38.2 Å². The van der Waals surface area contributed by atoms with Crippen molar-refractivity contribution in [3.05, 3.63) is 47.5 Å². The third-order valence-corrected chi connectivity index (χ3v) is 5.12. The van der Waals surface area contributed by atoms with Gasteiger partial charge in [-0.1, -0.05) is 57.2 Å². The molecular formula is C20H25NO4. The molecule has 1 amide bonds. The third-order valence-electron chi connectivity index (χ3n) is 5.12. The van der Waals surface area contributed by atoms with Gasteiger partial charge in [0.05, 0.1) is 24.2 Å². The first-order valence-electron chi connectivity index (χ1n) is 8.66. The second kappa shape index (κ2) is 6.30. The fourth-order valence-electron chi connectivity index (χ4n) is 3.58. The Bertz CT molecular complexity index is 701. The topological polar surface area (TPSA) is 75.6 Å². The van der Waals surface area contributed by atoms with E-state index in [4.69, 9.17) is 4.74 Å². The van der Waals surface area contributed by atoms with E-state index in [0.717, 1.165) is 5.56 Å². The van der Waals surface area contributed by atoms with Crippen molar-refractivity contribution in [3.63, 3.8) is 0 Å². The summed E-state index contributed by atoms with van der Waals surface area (Å²) in [4.78, 5) is 24.2. The van der Waals surface area contributed by atoms with Gasteiger partial charge in [0.2, 0.25) is 5.91 Å². The van der Waals surface area contributed by atoms with E-state index in [1.807, 2.05) is 19.1 Å². The average molecular weight is 343 g/mol. The molecule has 2 aliphatic rings. The number of benzene rings is 1. The summed E-state index contributed by atoms with van der Waals surface area (Å²) in [5, 5.41) is 12.4. The van der Waals surface area contributed by atoms with Gasteiger partial charge < -0.3 is 15.2 Å². The predicted molar refractivity (Wildman–Crippen MR) is 94.1 cm³/mol. The molecule has 5 atom stereocenters. The zero-order chi connectivity index (χ0) is 18.4. The molecule has 1 aromatic rings. The van der Waals surface area contributed by atoms with E-state index >= 15 is 0 Å². The highest BCUT2D eigenvalue weighted by molar-refractivity contribution is 5.87. The second-order valence-corrected chi connectivity index (χ2v) is 7.94. The monoisotopic (exact) mass is 343 g/mol. The number of carboxylic acid groups (broad SMARTS) is 1. The number of carboxylic acids is 1. The smallest absolute Gasteiger partial charge is 0.310 e. The molecule has 25 heavy (non-hydrogen) atoms. The van der Waals surface area contributed by atoms with Gasteiger partial charge in [-0.3, -0.25) is 9.59 Å². The molecule has 0 radical (unpaired) electrons. The molecule has 0 unspecified atom stereocenters. The summed E-state index contributed by atoms with van der Waals surface area (Å²) in [5.74, 6) is -2.75. The van der Waals surface area contributed by atoms with Crippen molar-refractivity contribution >= 4 is 11.9 Å². The van der Waals surface area contributed by atoms with E-state index in [1.165, 1.54) is 5.56 Å². The van der Waals surface area contributed by atoms with Crippen LogP contribution in [0.5, 0.6) is 0 Å². The van der Waals surface area contributed by atoms with Gasteiger partial charge in [0, 0.05) is 0 Å². The van der Waals surface area contributed by atoms with Crippen LogP contribution in [0.15, 0.2) is 36.4 Å². The van der Waals surface area contributed by atoms with Crippen LogP contribution in [0.3, 0.4) is 0 Å². The van der Waals surface area contributed by atoms with Gasteiger partial charge in [0.1, 0.15) is 5.92 Å². The van der Waals surface area contributed by atoms with Crippen molar-refractivity contribution in [2.75, 3.05) is 0 Å².